The van der Waals surface area contributed by atoms with Crippen LogP contribution < -0.4 is 5.73 Å². The molecule has 0 fully saturated rings. The number of benzene rings is 1. The normalized spacial score (nSPS) is 14.0. The molecule has 0 saturated heterocycles. The highest BCUT2D eigenvalue weighted by molar-refractivity contribution is 5.15. The number of hydrogen-bond donors (Lipinski definition) is 1. The first kappa shape index (κ1) is 11.3. The van der Waals surface area contributed by atoms with Crippen LogP contribution in [0.2, 0.25) is 0 Å². The van der Waals surface area contributed by atoms with Gasteiger partial charge in [-0.25, -0.2) is 0 Å². The molecule has 1 unspecified atom stereocenters. The maximum Gasteiger partial charge on any atom is -0.00407 e. The van der Waals surface area contributed by atoms with E-state index in [1.807, 2.05) is 0 Å². The summed E-state index contributed by atoms with van der Waals surface area (Å²) in [4.78, 5) is 0. The molecule has 1 atom stereocenters. The molecule has 0 aliphatic heterocycles. The SMILES string of the molecule is CC(C)(C)C(CN)Cc1ccccc1. The van der Waals surface area contributed by atoms with Crippen molar-refractivity contribution in [2.75, 3.05) is 6.54 Å². The molecule has 1 nitrogen and oxygen atoms in total. The summed E-state index contributed by atoms with van der Waals surface area (Å²) in [6, 6.07) is 10.6. The molecule has 0 aliphatic rings. The van der Waals surface area contributed by atoms with E-state index in [-0.39, 0.29) is 0 Å². The number of rotatable bonds is 3. The van der Waals surface area contributed by atoms with Crippen LogP contribution in [0.15, 0.2) is 30.3 Å². The van der Waals surface area contributed by atoms with Crippen LogP contribution in [-0.4, -0.2) is 6.54 Å². The molecule has 0 spiro atoms. The highest BCUT2D eigenvalue weighted by atomic mass is 14.6. The Morgan fingerprint density at radius 3 is 2.14 bits per heavy atom. The monoisotopic (exact) mass is 191 g/mol. The average molecular weight is 191 g/mol. The standard InChI is InChI=1S/C13H21N/c1-13(2,3)12(10-14)9-11-7-5-4-6-8-11/h4-8,12H,9-10,14H2,1-3H3. The summed E-state index contributed by atoms with van der Waals surface area (Å²) in [6.07, 6.45) is 1.08. The van der Waals surface area contributed by atoms with Gasteiger partial charge in [0.1, 0.15) is 0 Å². The van der Waals surface area contributed by atoms with E-state index in [1.165, 1.54) is 5.56 Å². The van der Waals surface area contributed by atoms with Crippen molar-refractivity contribution in [3.05, 3.63) is 35.9 Å². The third-order valence-electron chi connectivity index (χ3n) is 2.83. The summed E-state index contributed by atoms with van der Waals surface area (Å²) < 4.78 is 0. The average Bonchev–Trinajstić information content (AvgIpc) is 2.14. The zero-order valence-electron chi connectivity index (χ0n) is 9.46. The van der Waals surface area contributed by atoms with Gasteiger partial charge in [-0.15, -0.1) is 0 Å². The summed E-state index contributed by atoms with van der Waals surface area (Å²) in [6.45, 7) is 7.53. The second kappa shape index (κ2) is 4.61. The van der Waals surface area contributed by atoms with Gasteiger partial charge in [-0.1, -0.05) is 51.1 Å². The van der Waals surface area contributed by atoms with Gasteiger partial charge < -0.3 is 5.73 Å². The van der Waals surface area contributed by atoms with Crippen molar-refractivity contribution in [1.29, 1.82) is 0 Å². The van der Waals surface area contributed by atoms with Crippen molar-refractivity contribution in [2.24, 2.45) is 17.1 Å². The maximum absolute atomic E-state index is 5.81. The molecule has 0 amide bonds. The van der Waals surface area contributed by atoms with Crippen LogP contribution in [0, 0.1) is 11.3 Å². The summed E-state index contributed by atoms with van der Waals surface area (Å²) >= 11 is 0. The van der Waals surface area contributed by atoms with E-state index in [1.54, 1.807) is 0 Å². The van der Waals surface area contributed by atoms with Crippen molar-refractivity contribution in [3.8, 4) is 0 Å². The maximum atomic E-state index is 5.81. The summed E-state index contributed by atoms with van der Waals surface area (Å²) in [7, 11) is 0. The molecule has 1 rings (SSSR count). The van der Waals surface area contributed by atoms with E-state index in [0.717, 1.165) is 13.0 Å². The Hall–Kier alpha value is -0.820. The highest BCUT2D eigenvalue weighted by Gasteiger charge is 2.22. The molecule has 78 valence electrons. The molecule has 0 heterocycles. The molecule has 1 aromatic carbocycles. The Morgan fingerprint density at radius 1 is 1.14 bits per heavy atom. The Bertz CT molecular complexity index is 258. The lowest BCUT2D eigenvalue weighted by Gasteiger charge is -2.29. The molecular weight excluding hydrogens is 170 g/mol. The van der Waals surface area contributed by atoms with Gasteiger partial charge >= 0.3 is 0 Å². The van der Waals surface area contributed by atoms with Crippen LogP contribution >= 0.6 is 0 Å². The molecular formula is C13H21N. The molecule has 0 aromatic heterocycles. The van der Waals surface area contributed by atoms with E-state index in [9.17, 15) is 0 Å². The lowest BCUT2D eigenvalue weighted by molar-refractivity contribution is 0.246. The van der Waals surface area contributed by atoms with Gasteiger partial charge in [0, 0.05) is 0 Å². The first-order valence-corrected chi connectivity index (χ1v) is 5.28. The highest BCUT2D eigenvalue weighted by Crippen LogP contribution is 2.27. The fourth-order valence-electron chi connectivity index (χ4n) is 1.64. The van der Waals surface area contributed by atoms with Crippen LogP contribution in [0.4, 0.5) is 0 Å². The van der Waals surface area contributed by atoms with Crippen LogP contribution in [-0.2, 0) is 6.42 Å². The minimum absolute atomic E-state index is 0.296. The second-order valence-corrected chi connectivity index (χ2v) is 4.99. The predicted octanol–water partition coefficient (Wildman–Crippen LogP) is 2.85. The van der Waals surface area contributed by atoms with Gasteiger partial charge in [-0.2, -0.15) is 0 Å². The molecule has 1 heteroatoms. The van der Waals surface area contributed by atoms with Crippen molar-refractivity contribution in [3.63, 3.8) is 0 Å². The Labute approximate surface area is 87.3 Å². The van der Waals surface area contributed by atoms with Gasteiger partial charge in [0.05, 0.1) is 0 Å². The predicted molar refractivity (Wildman–Crippen MR) is 62.1 cm³/mol. The molecule has 1 aromatic rings. The molecule has 14 heavy (non-hydrogen) atoms. The third kappa shape index (κ3) is 3.15. The van der Waals surface area contributed by atoms with Crippen molar-refractivity contribution >= 4 is 0 Å². The molecule has 0 aliphatic carbocycles. The van der Waals surface area contributed by atoms with Gasteiger partial charge in [0.2, 0.25) is 0 Å². The van der Waals surface area contributed by atoms with Gasteiger partial charge in [-0.3, -0.25) is 0 Å². The fourth-order valence-corrected chi connectivity index (χ4v) is 1.64. The topological polar surface area (TPSA) is 26.0 Å². The lowest BCUT2D eigenvalue weighted by Crippen LogP contribution is -2.29. The first-order chi connectivity index (χ1) is 6.54. The van der Waals surface area contributed by atoms with Gasteiger partial charge in [0.25, 0.3) is 0 Å². The summed E-state index contributed by atoms with van der Waals surface area (Å²) in [5, 5.41) is 0. The van der Waals surface area contributed by atoms with Gasteiger partial charge in [0.15, 0.2) is 0 Å². The van der Waals surface area contributed by atoms with Crippen LogP contribution in [0.5, 0.6) is 0 Å². The van der Waals surface area contributed by atoms with E-state index >= 15 is 0 Å². The zero-order chi connectivity index (χ0) is 10.6. The van der Waals surface area contributed by atoms with Gasteiger partial charge in [-0.05, 0) is 29.9 Å². The smallest absolute Gasteiger partial charge is 0.00407 e. The first-order valence-electron chi connectivity index (χ1n) is 5.28. The quantitative estimate of drug-likeness (QED) is 0.781. The number of nitrogens with two attached hydrogens (primary N) is 1. The Morgan fingerprint density at radius 2 is 1.71 bits per heavy atom. The van der Waals surface area contributed by atoms with Crippen molar-refractivity contribution in [1.82, 2.24) is 0 Å². The molecule has 2 N–H and O–H groups in total. The van der Waals surface area contributed by atoms with Crippen molar-refractivity contribution in [2.45, 2.75) is 27.2 Å². The third-order valence-corrected chi connectivity index (χ3v) is 2.83. The number of hydrogen-bond acceptors (Lipinski definition) is 1. The van der Waals surface area contributed by atoms with Crippen LogP contribution in [0.3, 0.4) is 0 Å². The van der Waals surface area contributed by atoms with Crippen molar-refractivity contribution < 1.29 is 0 Å². The largest absolute Gasteiger partial charge is 0.330 e. The minimum atomic E-state index is 0.296. The summed E-state index contributed by atoms with van der Waals surface area (Å²) in [5.41, 5.74) is 7.49. The fraction of sp³-hybridized carbons (Fsp3) is 0.538. The van der Waals surface area contributed by atoms with Crippen LogP contribution in [0.25, 0.3) is 0 Å². The molecule has 0 radical (unpaired) electrons. The van der Waals surface area contributed by atoms with E-state index in [0.29, 0.717) is 11.3 Å². The summed E-state index contributed by atoms with van der Waals surface area (Å²) in [5.74, 6) is 0.560. The van der Waals surface area contributed by atoms with E-state index < -0.39 is 0 Å². The molecule has 0 bridgehead atoms. The van der Waals surface area contributed by atoms with E-state index in [2.05, 4.69) is 51.1 Å². The molecule has 0 saturated carbocycles. The Kier molecular flexibility index (Phi) is 3.70. The Balaban J connectivity index is 2.67. The second-order valence-electron chi connectivity index (χ2n) is 4.99. The minimum Gasteiger partial charge on any atom is -0.330 e. The van der Waals surface area contributed by atoms with E-state index in [4.69, 9.17) is 5.73 Å². The lowest BCUT2D eigenvalue weighted by atomic mass is 9.77. The zero-order valence-corrected chi connectivity index (χ0v) is 9.46. The van der Waals surface area contributed by atoms with Crippen LogP contribution in [0.1, 0.15) is 26.3 Å².